The molecule has 0 rings (SSSR count). The van der Waals surface area contributed by atoms with Crippen LogP contribution in [-0.4, -0.2) is 37.2 Å². The number of allylic oxidation sites excluding steroid dienone is 12. The van der Waals surface area contributed by atoms with Crippen LogP contribution in [0, 0.1) is 0 Å². The zero-order chi connectivity index (χ0) is 56.4. The number of rotatable bonds is 62. The normalized spacial score (nSPS) is 12.5. The fourth-order valence-electron chi connectivity index (χ4n) is 9.82. The summed E-state index contributed by atoms with van der Waals surface area (Å²) in [7, 11) is 0. The van der Waals surface area contributed by atoms with Gasteiger partial charge in [-0.05, 0) is 103 Å². The van der Waals surface area contributed by atoms with Gasteiger partial charge in [-0.2, -0.15) is 0 Å². The maximum Gasteiger partial charge on any atom is 0.306 e. The Labute approximate surface area is 484 Å². The second kappa shape index (κ2) is 66.4. The van der Waals surface area contributed by atoms with Crippen LogP contribution in [0.5, 0.6) is 0 Å². The third-order valence-electron chi connectivity index (χ3n) is 14.9. The molecule has 6 heteroatoms. The Morgan fingerprint density at radius 1 is 0.269 bits per heavy atom. The van der Waals surface area contributed by atoms with Gasteiger partial charge < -0.3 is 14.2 Å². The van der Waals surface area contributed by atoms with E-state index in [0.29, 0.717) is 19.3 Å². The quantitative estimate of drug-likeness (QED) is 0.0261. The fourth-order valence-corrected chi connectivity index (χ4v) is 9.82. The van der Waals surface area contributed by atoms with E-state index in [-0.39, 0.29) is 31.1 Å². The molecule has 0 heterocycles. The average molecular weight is 1090 g/mol. The van der Waals surface area contributed by atoms with E-state index in [0.717, 1.165) is 89.9 Å². The van der Waals surface area contributed by atoms with E-state index in [1.807, 2.05) is 0 Å². The summed E-state index contributed by atoms with van der Waals surface area (Å²) in [6.07, 6.45) is 86.5. The summed E-state index contributed by atoms with van der Waals surface area (Å²) in [6, 6.07) is 0. The first-order valence-electron chi connectivity index (χ1n) is 33.9. The third kappa shape index (κ3) is 63.7. The predicted molar refractivity (Wildman–Crippen MR) is 339 cm³/mol. The van der Waals surface area contributed by atoms with Gasteiger partial charge in [0, 0.05) is 19.3 Å². The molecule has 0 aromatic heterocycles. The van der Waals surface area contributed by atoms with E-state index >= 15 is 0 Å². The van der Waals surface area contributed by atoms with Crippen molar-refractivity contribution in [1.29, 1.82) is 0 Å². The monoisotopic (exact) mass is 1090 g/mol. The molecule has 0 saturated heterocycles. The first kappa shape index (κ1) is 74.8. The molecule has 452 valence electrons. The second-order valence-electron chi connectivity index (χ2n) is 22.7. The molecule has 78 heavy (non-hydrogen) atoms. The summed E-state index contributed by atoms with van der Waals surface area (Å²) in [4.78, 5) is 38.3. The first-order valence-corrected chi connectivity index (χ1v) is 33.9. The molecule has 0 aromatic carbocycles. The second-order valence-corrected chi connectivity index (χ2v) is 22.7. The van der Waals surface area contributed by atoms with Crippen LogP contribution in [0.2, 0.25) is 0 Å². The van der Waals surface area contributed by atoms with Gasteiger partial charge in [-0.1, -0.05) is 299 Å². The van der Waals surface area contributed by atoms with Gasteiger partial charge in [0.2, 0.25) is 0 Å². The van der Waals surface area contributed by atoms with Crippen molar-refractivity contribution in [2.24, 2.45) is 0 Å². The largest absolute Gasteiger partial charge is 0.462 e. The SMILES string of the molecule is CC/C=C\C/C=C\C/C=C\C/C=C\CCCCCCCCCCCCCCCCCCCCC(=O)OCC(COC(=O)CCCCCCC/C=C\CCCC)OC(=O)CCCCCCCCC/C=C\CCCCCCCCC. The van der Waals surface area contributed by atoms with Crippen molar-refractivity contribution in [3.05, 3.63) is 72.9 Å². The molecule has 0 aliphatic heterocycles. The van der Waals surface area contributed by atoms with Crippen LogP contribution in [0.1, 0.15) is 348 Å². The summed E-state index contributed by atoms with van der Waals surface area (Å²) in [5.41, 5.74) is 0. The van der Waals surface area contributed by atoms with Gasteiger partial charge in [0.15, 0.2) is 6.10 Å². The summed E-state index contributed by atoms with van der Waals surface area (Å²) < 4.78 is 16.9. The van der Waals surface area contributed by atoms with Gasteiger partial charge in [0.05, 0.1) is 0 Å². The van der Waals surface area contributed by atoms with Gasteiger partial charge in [-0.25, -0.2) is 0 Å². The van der Waals surface area contributed by atoms with Crippen LogP contribution < -0.4 is 0 Å². The Kier molecular flexibility index (Phi) is 63.7. The Morgan fingerprint density at radius 2 is 0.513 bits per heavy atom. The Balaban J connectivity index is 4.14. The van der Waals surface area contributed by atoms with E-state index in [1.165, 1.54) is 218 Å². The Hall–Kier alpha value is -3.15. The van der Waals surface area contributed by atoms with Crippen molar-refractivity contribution in [2.45, 2.75) is 354 Å². The highest BCUT2D eigenvalue weighted by molar-refractivity contribution is 5.71. The van der Waals surface area contributed by atoms with Gasteiger partial charge >= 0.3 is 17.9 Å². The lowest BCUT2D eigenvalue weighted by Crippen LogP contribution is -2.30. The lowest BCUT2D eigenvalue weighted by Gasteiger charge is -2.18. The lowest BCUT2D eigenvalue weighted by atomic mass is 10.0. The molecule has 6 nitrogen and oxygen atoms in total. The summed E-state index contributed by atoms with van der Waals surface area (Å²) in [5.74, 6) is -0.872. The van der Waals surface area contributed by atoms with Crippen LogP contribution in [-0.2, 0) is 28.6 Å². The molecule has 0 saturated carbocycles. The van der Waals surface area contributed by atoms with Crippen molar-refractivity contribution in [3.8, 4) is 0 Å². The van der Waals surface area contributed by atoms with Crippen molar-refractivity contribution in [1.82, 2.24) is 0 Å². The third-order valence-corrected chi connectivity index (χ3v) is 14.9. The molecule has 0 N–H and O–H groups in total. The number of hydrogen-bond acceptors (Lipinski definition) is 6. The minimum absolute atomic E-state index is 0.0757. The Bertz CT molecular complexity index is 1440. The summed E-state index contributed by atoms with van der Waals surface area (Å²) in [6.45, 7) is 6.52. The van der Waals surface area contributed by atoms with Gasteiger partial charge in [-0.15, -0.1) is 0 Å². The number of hydrogen-bond donors (Lipinski definition) is 0. The standard InChI is InChI=1S/C72H128O6/c1-4-7-10-13-16-19-22-24-26-28-30-31-32-33-34-35-36-37-38-39-40-41-42-44-45-47-50-53-56-59-62-65-71(74)77-68-69(67-76-70(73)64-61-58-55-52-49-21-18-15-12-9-6-3)78-72(75)66-63-60-57-54-51-48-46-43-29-27-25-23-20-17-14-11-8-5-2/h7,10,15-16,18-19,24,26-27,29-31,69H,4-6,8-9,11-14,17,20-23,25,28,32-68H2,1-3H3/b10-7-,18-15-,19-16-,26-24-,29-27-,31-30-. The molecule has 0 spiro atoms. The maximum absolute atomic E-state index is 12.9. The van der Waals surface area contributed by atoms with Crippen LogP contribution in [0.15, 0.2) is 72.9 Å². The molecule has 0 radical (unpaired) electrons. The molecule has 0 aromatic rings. The zero-order valence-electron chi connectivity index (χ0n) is 51.9. The van der Waals surface area contributed by atoms with Crippen molar-refractivity contribution in [3.63, 3.8) is 0 Å². The highest BCUT2D eigenvalue weighted by atomic mass is 16.6. The van der Waals surface area contributed by atoms with Crippen LogP contribution in [0.25, 0.3) is 0 Å². The van der Waals surface area contributed by atoms with E-state index in [4.69, 9.17) is 14.2 Å². The van der Waals surface area contributed by atoms with Crippen molar-refractivity contribution >= 4 is 17.9 Å². The fraction of sp³-hybridized carbons (Fsp3) is 0.792. The lowest BCUT2D eigenvalue weighted by molar-refractivity contribution is -0.167. The number of unbranched alkanes of at least 4 members (excludes halogenated alkanes) is 39. The van der Waals surface area contributed by atoms with Gasteiger partial charge in [-0.3, -0.25) is 14.4 Å². The van der Waals surface area contributed by atoms with Crippen LogP contribution >= 0.6 is 0 Å². The molecule has 0 bridgehead atoms. The van der Waals surface area contributed by atoms with Crippen LogP contribution in [0.3, 0.4) is 0 Å². The topological polar surface area (TPSA) is 78.9 Å². The highest BCUT2D eigenvalue weighted by Gasteiger charge is 2.19. The molecule has 1 unspecified atom stereocenters. The Morgan fingerprint density at radius 3 is 0.833 bits per heavy atom. The van der Waals surface area contributed by atoms with Crippen molar-refractivity contribution < 1.29 is 28.6 Å². The van der Waals surface area contributed by atoms with Gasteiger partial charge in [0.25, 0.3) is 0 Å². The molecular formula is C72H128O6. The van der Waals surface area contributed by atoms with E-state index < -0.39 is 6.10 Å². The number of esters is 3. The highest BCUT2D eigenvalue weighted by Crippen LogP contribution is 2.17. The molecule has 0 fully saturated rings. The molecule has 0 aliphatic carbocycles. The summed E-state index contributed by atoms with van der Waals surface area (Å²) in [5, 5.41) is 0. The molecule has 0 amide bonds. The van der Waals surface area contributed by atoms with Gasteiger partial charge in [0.1, 0.15) is 13.2 Å². The molecule has 0 aliphatic rings. The first-order chi connectivity index (χ1) is 38.5. The minimum Gasteiger partial charge on any atom is -0.462 e. The number of ether oxygens (including phenoxy) is 3. The van der Waals surface area contributed by atoms with Crippen LogP contribution in [0.4, 0.5) is 0 Å². The zero-order valence-corrected chi connectivity index (χ0v) is 51.9. The average Bonchev–Trinajstić information content (AvgIpc) is 3.44. The van der Waals surface area contributed by atoms with E-state index in [9.17, 15) is 14.4 Å². The van der Waals surface area contributed by atoms with E-state index in [1.54, 1.807) is 0 Å². The number of carbonyl (C=O) groups is 3. The van der Waals surface area contributed by atoms with Crippen molar-refractivity contribution in [2.75, 3.05) is 13.2 Å². The smallest absolute Gasteiger partial charge is 0.306 e. The summed E-state index contributed by atoms with van der Waals surface area (Å²) >= 11 is 0. The number of carbonyl (C=O) groups excluding carboxylic acids is 3. The minimum atomic E-state index is -0.779. The molecule has 1 atom stereocenters. The molecular weight excluding hydrogens is 961 g/mol. The maximum atomic E-state index is 12.9. The van der Waals surface area contributed by atoms with E-state index in [2.05, 4.69) is 93.7 Å². The predicted octanol–water partition coefficient (Wildman–Crippen LogP) is 23.3.